The van der Waals surface area contributed by atoms with Crippen molar-refractivity contribution in [2.75, 3.05) is 13.6 Å². The number of carbonyl (C=O) groups is 1. The summed E-state index contributed by atoms with van der Waals surface area (Å²) in [6.07, 6.45) is 3.69. The highest BCUT2D eigenvalue weighted by Crippen LogP contribution is 2.38. The highest BCUT2D eigenvalue weighted by atomic mass is 35.5. The van der Waals surface area contributed by atoms with Gasteiger partial charge in [-0.15, -0.1) is 0 Å². The van der Waals surface area contributed by atoms with Crippen molar-refractivity contribution in [1.29, 1.82) is 0 Å². The van der Waals surface area contributed by atoms with E-state index in [1.165, 1.54) is 19.3 Å². The number of carbonyl (C=O) groups excluding carboxylic acids is 1. The van der Waals surface area contributed by atoms with Crippen molar-refractivity contribution in [1.82, 2.24) is 10.2 Å². The molecule has 3 rings (SSSR count). The average molecular weight is 327 g/mol. The Bertz CT molecular complexity index is 529. The molecule has 21 heavy (non-hydrogen) atoms. The number of fused-ring (bicyclic) bond motifs is 1. The molecule has 1 heterocycles. The molecule has 1 saturated heterocycles. The predicted molar refractivity (Wildman–Crippen MR) is 85.6 cm³/mol. The molecule has 2 aliphatic rings. The van der Waals surface area contributed by atoms with Gasteiger partial charge in [0.15, 0.2) is 0 Å². The fourth-order valence-electron chi connectivity index (χ4n) is 3.75. The van der Waals surface area contributed by atoms with Gasteiger partial charge in [-0.2, -0.15) is 0 Å². The Morgan fingerprint density at radius 3 is 2.71 bits per heavy atom. The molecule has 1 aliphatic heterocycles. The second-order valence-electron chi connectivity index (χ2n) is 6.21. The first-order chi connectivity index (χ1) is 10.0. The van der Waals surface area contributed by atoms with E-state index in [-0.39, 0.29) is 11.9 Å². The van der Waals surface area contributed by atoms with Gasteiger partial charge < -0.3 is 10.2 Å². The monoisotopic (exact) mass is 326 g/mol. The van der Waals surface area contributed by atoms with E-state index in [9.17, 15) is 4.79 Å². The average Bonchev–Trinajstić information content (AvgIpc) is 2.98. The van der Waals surface area contributed by atoms with Crippen LogP contribution in [0.1, 0.15) is 24.8 Å². The van der Waals surface area contributed by atoms with Crippen LogP contribution in [0.4, 0.5) is 0 Å². The van der Waals surface area contributed by atoms with Crippen LogP contribution in [0.2, 0.25) is 10.0 Å². The van der Waals surface area contributed by atoms with Gasteiger partial charge in [0, 0.05) is 23.6 Å². The number of hydrogen-bond donors (Lipinski definition) is 1. The van der Waals surface area contributed by atoms with Crippen molar-refractivity contribution in [3.63, 3.8) is 0 Å². The second-order valence-corrected chi connectivity index (χ2v) is 7.09. The van der Waals surface area contributed by atoms with E-state index in [1.807, 2.05) is 19.2 Å². The van der Waals surface area contributed by atoms with Crippen molar-refractivity contribution >= 4 is 29.1 Å². The van der Waals surface area contributed by atoms with E-state index >= 15 is 0 Å². The zero-order chi connectivity index (χ0) is 15.0. The molecule has 0 radical (unpaired) electrons. The molecule has 1 aromatic carbocycles. The van der Waals surface area contributed by atoms with Crippen molar-refractivity contribution < 1.29 is 4.79 Å². The van der Waals surface area contributed by atoms with Crippen molar-refractivity contribution in [2.24, 2.45) is 11.8 Å². The summed E-state index contributed by atoms with van der Waals surface area (Å²) in [5, 5.41) is 4.61. The summed E-state index contributed by atoms with van der Waals surface area (Å²) < 4.78 is 0. The summed E-state index contributed by atoms with van der Waals surface area (Å²) in [5.74, 6) is 1.39. The van der Waals surface area contributed by atoms with Crippen LogP contribution in [0, 0.1) is 11.8 Å². The zero-order valence-corrected chi connectivity index (χ0v) is 13.6. The third-order valence-corrected chi connectivity index (χ3v) is 5.17. The summed E-state index contributed by atoms with van der Waals surface area (Å²) in [5.41, 5.74) is 0.962. The van der Waals surface area contributed by atoms with E-state index < -0.39 is 0 Å². The summed E-state index contributed by atoms with van der Waals surface area (Å²) in [4.78, 5) is 14.4. The number of nitrogens with one attached hydrogen (secondary N) is 1. The minimum absolute atomic E-state index is 0.0165. The Morgan fingerprint density at radius 1 is 1.29 bits per heavy atom. The van der Waals surface area contributed by atoms with Crippen LogP contribution in [0.5, 0.6) is 0 Å². The molecule has 5 heteroatoms. The molecule has 0 bridgehead atoms. The minimum Gasteiger partial charge on any atom is -0.340 e. The number of nitrogens with zero attached hydrogens (tertiary/aromatic N) is 1. The van der Waals surface area contributed by atoms with Gasteiger partial charge in [-0.1, -0.05) is 29.6 Å². The largest absolute Gasteiger partial charge is 0.340 e. The van der Waals surface area contributed by atoms with E-state index in [0.29, 0.717) is 28.4 Å². The van der Waals surface area contributed by atoms with Crippen LogP contribution < -0.4 is 5.32 Å². The lowest BCUT2D eigenvalue weighted by Crippen LogP contribution is -2.44. The van der Waals surface area contributed by atoms with Crippen molar-refractivity contribution in [2.45, 2.75) is 31.8 Å². The van der Waals surface area contributed by atoms with E-state index in [2.05, 4.69) is 5.32 Å². The van der Waals surface area contributed by atoms with Gasteiger partial charge in [0.25, 0.3) is 0 Å². The Hall–Kier alpha value is -0.770. The van der Waals surface area contributed by atoms with Gasteiger partial charge in [-0.25, -0.2) is 0 Å². The summed E-state index contributed by atoms with van der Waals surface area (Å²) in [6.45, 7) is 1.52. The fraction of sp³-hybridized carbons (Fsp3) is 0.562. The molecule has 0 aromatic heterocycles. The van der Waals surface area contributed by atoms with Crippen LogP contribution in [-0.4, -0.2) is 30.4 Å². The number of benzene rings is 1. The first-order valence-corrected chi connectivity index (χ1v) is 8.23. The highest BCUT2D eigenvalue weighted by molar-refractivity contribution is 6.34. The normalized spacial score (nSPS) is 27.7. The van der Waals surface area contributed by atoms with Gasteiger partial charge in [0.05, 0.1) is 6.04 Å². The molecule has 3 unspecified atom stereocenters. The Labute approximate surface area is 135 Å². The molecule has 1 amide bonds. The lowest BCUT2D eigenvalue weighted by molar-refractivity contribution is -0.133. The van der Waals surface area contributed by atoms with Gasteiger partial charge in [0.2, 0.25) is 5.91 Å². The van der Waals surface area contributed by atoms with Crippen molar-refractivity contribution in [3.05, 3.63) is 33.8 Å². The van der Waals surface area contributed by atoms with Gasteiger partial charge >= 0.3 is 0 Å². The van der Waals surface area contributed by atoms with Gasteiger partial charge in [-0.3, -0.25) is 4.79 Å². The molecule has 3 nitrogen and oxygen atoms in total. The zero-order valence-electron chi connectivity index (χ0n) is 12.1. The molecule has 114 valence electrons. The maximum Gasteiger partial charge on any atom is 0.240 e. The van der Waals surface area contributed by atoms with Gasteiger partial charge in [0.1, 0.15) is 0 Å². The Balaban J connectivity index is 1.67. The molecular formula is C16H20Cl2N2O. The highest BCUT2D eigenvalue weighted by Gasteiger charge is 2.43. The topological polar surface area (TPSA) is 32.3 Å². The summed E-state index contributed by atoms with van der Waals surface area (Å²) in [7, 11) is 1.85. The van der Waals surface area contributed by atoms with E-state index in [1.54, 1.807) is 11.0 Å². The minimum atomic E-state index is -0.0165. The lowest BCUT2D eigenvalue weighted by atomic mass is 9.93. The Morgan fingerprint density at radius 2 is 2.00 bits per heavy atom. The number of hydrogen-bond acceptors (Lipinski definition) is 2. The summed E-state index contributed by atoms with van der Waals surface area (Å²) >= 11 is 12.0. The number of amides is 1. The molecule has 2 fully saturated rings. The van der Waals surface area contributed by atoms with Crippen molar-refractivity contribution in [3.8, 4) is 0 Å². The van der Waals surface area contributed by atoms with E-state index in [4.69, 9.17) is 23.2 Å². The SMILES string of the molecule is CN(Cc1cc(Cl)cc(Cl)c1)C(=O)C1NCC2CCCC21. The smallest absolute Gasteiger partial charge is 0.240 e. The van der Waals surface area contributed by atoms with Crippen LogP contribution in [0.15, 0.2) is 18.2 Å². The first kappa shape index (κ1) is 15.1. The summed E-state index contributed by atoms with van der Waals surface area (Å²) in [6, 6.07) is 5.41. The first-order valence-electron chi connectivity index (χ1n) is 7.48. The second kappa shape index (κ2) is 6.15. The number of likely N-dealkylation sites (N-methyl/N-ethyl adjacent to an activating group) is 1. The molecule has 1 saturated carbocycles. The molecule has 0 spiro atoms. The predicted octanol–water partition coefficient (Wildman–Crippen LogP) is 3.34. The molecule has 1 N–H and O–H groups in total. The standard InChI is InChI=1S/C16H20Cl2N2O/c1-20(9-10-5-12(17)7-13(18)6-10)16(21)15-14-4-2-3-11(14)8-19-15/h5-7,11,14-15,19H,2-4,8-9H2,1H3. The number of rotatable bonds is 3. The molecule has 1 aromatic rings. The maximum atomic E-state index is 12.7. The maximum absolute atomic E-state index is 12.7. The van der Waals surface area contributed by atoms with E-state index in [0.717, 1.165) is 12.1 Å². The number of halogens is 2. The molecule has 3 atom stereocenters. The quantitative estimate of drug-likeness (QED) is 0.923. The Kier molecular flexibility index (Phi) is 4.43. The fourth-order valence-corrected chi connectivity index (χ4v) is 4.32. The van der Waals surface area contributed by atoms with Crippen LogP contribution in [-0.2, 0) is 11.3 Å². The third-order valence-electron chi connectivity index (χ3n) is 4.73. The van der Waals surface area contributed by atoms with Crippen LogP contribution in [0.25, 0.3) is 0 Å². The third kappa shape index (κ3) is 3.20. The molecule has 1 aliphatic carbocycles. The lowest BCUT2D eigenvalue weighted by Gasteiger charge is -2.25. The van der Waals surface area contributed by atoms with Crippen LogP contribution in [0.3, 0.4) is 0 Å². The van der Waals surface area contributed by atoms with Gasteiger partial charge in [-0.05, 0) is 55.0 Å². The van der Waals surface area contributed by atoms with Crippen LogP contribution >= 0.6 is 23.2 Å². The molecular weight excluding hydrogens is 307 g/mol.